The van der Waals surface area contributed by atoms with Gasteiger partial charge in [0.15, 0.2) is 0 Å². The van der Waals surface area contributed by atoms with E-state index in [1.807, 2.05) is 27.7 Å². The number of carbonyl (C=O) groups is 4. The maximum Gasteiger partial charge on any atom is 0.326 e. The van der Waals surface area contributed by atoms with Gasteiger partial charge in [0.05, 0.1) is 12.1 Å². The molecular weight excluding hydrogens is 472 g/mol. The van der Waals surface area contributed by atoms with E-state index >= 15 is 0 Å². The number of hydrogen-bond donors (Lipinski definition) is 2. The number of amides is 3. The molecule has 0 aromatic carbocycles. The highest BCUT2D eigenvalue weighted by Gasteiger charge is 2.37. The van der Waals surface area contributed by atoms with E-state index in [2.05, 4.69) is 24.1 Å². The van der Waals surface area contributed by atoms with E-state index in [0.717, 1.165) is 25.8 Å². The molecule has 4 atom stereocenters. The zero-order valence-corrected chi connectivity index (χ0v) is 24.0. The molecule has 37 heavy (non-hydrogen) atoms. The first-order valence-corrected chi connectivity index (χ1v) is 13.8. The highest BCUT2D eigenvalue weighted by atomic mass is 16.4. The van der Waals surface area contributed by atoms with Crippen LogP contribution >= 0.6 is 0 Å². The van der Waals surface area contributed by atoms with Crippen molar-refractivity contribution >= 4 is 23.7 Å². The number of piperidine rings is 1. The Hall–Kier alpha value is -2.42. The molecule has 2 fully saturated rings. The Morgan fingerprint density at radius 1 is 0.919 bits per heavy atom. The largest absolute Gasteiger partial charge is 0.480 e. The Morgan fingerprint density at radius 2 is 1.54 bits per heavy atom. The van der Waals surface area contributed by atoms with Gasteiger partial charge in [-0.2, -0.15) is 0 Å². The summed E-state index contributed by atoms with van der Waals surface area (Å²) in [6, 6.07) is -1.87. The van der Waals surface area contributed by atoms with Crippen molar-refractivity contribution in [2.24, 2.45) is 11.8 Å². The molecular formula is C28H48N4O5. The summed E-state index contributed by atoms with van der Waals surface area (Å²) in [5.41, 5.74) is 0.423. The molecule has 3 amide bonds. The van der Waals surface area contributed by atoms with Crippen molar-refractivity contribution in [1.29, 1.82) is 0 Å². The number of rotatable bonds is 10. The number of carbonyl (C=O) groups excluding carboxylic acids is 3. The minimum Gasteiger partial charge on any atom is -0.480 e. The maximum absolute atomic E-state index is 13.7. The van der Waals surface area contributed by atoms with Gasteiger partial charge in [0.1, 0.15) is 12.1 Å². The lowest BCUT2D eigenvalue weighted by Gasteiger charge is -2.39. The number of hydrogen-bond acceptors (Lipinski definition) is 5. The van der Waals surface area contributed by atoms with Gasteiger partial charge in [-0.15, -0.1) is 0 Å². The van der Waals surface area contributed by atoms with E-state index in [-0.39, 0.29) is 47.7 Å². The summed E-state index contributed by atoms with van der Waals surface area (Å²) in [5, 5.41) is 12.5. The Morgan fingerprint density at radius 3 is 2.08 bits per heavy atom. The molecule has 2 aliphatic heterocycles. The summed E-state index contributed by atoms with van der Waals surface area (Å²) in [5.74, 6) is -1.72. The fourth-order valence-electron chi connectivity index (χ4n) is 5.55. The highest BCUT2D eigenvalue weighted by Crippen LogP contribution is 2.23. The quantitative estimate of drug-likeness (QED) is 0.429. The first-order valence-electron chi connectivity index (χ1n) is 13.8. The van der Waals surface area contributed by atoms with Crippen molar-refractivity contribution in [2.45, 2.75) is 111 Å². The third-order valence-corrected chi connectivity index (χ3v) is 7.78. The number of carboxylic acid groups (broad SMARTS) is 1. The molecule has 0 spiro atoms. The van der Waals surface area contributed by atoms with Crippen molar-refractivity contribution in [2.75, 3.05) is 20.1 Å². The molecule has 2 heterocycles. The normalized spacial score (nSPS) is 22.9. The lowest BCUT2D eigenvalue weighted by atomic mass is 9.95. The minimum atomic E-state index is -0.990. The first-order chi connectivity index (χ1) is 17.3. The van der Waals surface area contributed by atoms with Crippen LogP contribution in [0.15, 0.2) is 11.6 Å². The molecule has 0 aromatic rings. The molecule has 0 saturated carbocycles. The van der Waals surface area contributed by atoms with Crippen LogP contribution in [-0.2, 0) is 19.2 Å². The van der Waals surface area contributed by atoms with E-state index in [1.54, 1.807) is 24.9 Å². The molecule has 9 nitrogen and oxygen atoms in total. The number of nitrogens with zero attached hydrogens (tertiary/aromatic N) is 3. The van der Waals surface area contributed by atoms with Crippen LogP contribution < -0.4 is 5.32 Å². The van der Waals surface area contributed by atoms with Crippen LogP contribution in [-0.4, -0.2) is 93.8 Å². The van der Waals surface area contributed by atoms with Gasteiger partial charge < -0.3 is 20.2 Å². The number of nitrogens with one attached hydrogen (secondary N) is 1. The third-order valence-electron chi connectivity index (χ3n) is 7.78. The van der Waals surface area contributed by atoms with E-state index < -0.39 is 18.1 Å². The third kappa shape index (κ3) is 7.55. The van der Waals surface area contributed by atoms with E-state index in [0.29, 0.717) is 25.0 Å². The van der Waals surface area contributed by atoms with E-state index in [9.17, 15) is 24.3 Å². The number of carboxylic acids is 1. The van der Waals surface area contributed by atoms with E-state index in [1.165, 1.54) is 4.90 Å². The lowest BCUT2D eigenvalue weighted by Crippen LogP contribution is -2.58. The first kappa shape index (κ1) is 30.8. The SMILES string of the molecule is CC(=C[C@H](C(C)C)N(C)C(=O)[C@@H](NC(=O)C1CCCCN1C(C)C)C(C)C)C(=O)N1CCC[C@H]1C(=O)O. The second kappa shape index (κ2) is 13.4. The molecule has 0 radical (unpaired) electrons. The second-order valence-corrected chi connectivity index (χ2v) is 11.6. The molecule has 2 aliphatic rings. The van der Waals surface area contributed by atoms with Gasteiger partial charge in [0.25, 0.3) is 0 Å². The molecule has 2 rings (SSSR count). The van der Waals surface area contributed by atoms with Gasteiger partial charge in [0.2, 0.25) is 17.7 Å². The standard InChI is InChI=1S/C28H48N4O5/c1-17(2)23(16-20(7)26(34)32-15-11-13-22(32)28(36)37)30(8)27(35)24(18(3)4)29-25(33)21-12-9-10-14-31(21)19(5)6/h16-19,21-24H,9-15H2,1-8H3,(H,29,33)(H,36,37)/t21?,22-,23+,24-/m0/s1. The molecule has 1 unspecified atom stereocenters. The number of likely N-dealkylation sites (tertiary alicyclic amines) is 2. The van der Waals surface area contributed by atoms with Gasteiger partial charge in [-0.05, 0) is 64.8 Å². The van der Waals surface area contributed by atoms with Crippen LogP contribution in [0.4, 0.5) is 0 Å². The predicted molar refractivity (Wildman–Crippen MR) is 144 cm³/mol. The average Bonchev–Trinajstić information content (AvgIpc) is 3.34. The van der Waals surface area contributed by atoms with Crippen molar-refractivity contribution in [3.63, 3.8) is 0 Å². The monoisotopic (exact) mass is 520 g/mol. The Balaban J connectivity index is 2.21. The van der Waals surface area contributed by atoms with Crippen LogP contribution in [0.5, 0.6) is 0 Å². The number of likely N-dealkylation sites (N-methyl/N-ethyl adjacent to an activating group) is 1. The van der Waals surface area contributed by atoms with Crippen LogP contribution in [0.3, 0.4) is 0 Å². The Labute approximate surface area is 222 Å². The van der Waals surface area contributed by atoms with Crippen LogP contribution in [0.25, 0.3) is 0 Å². The molecule has 2 N–H and O–H groups in total. The Bertz CT molecular complexity index is 869. The fourth-order valence-corrected chi connectivity index (χ4v) is 5.55. The smallest absolute Gasteiger partial charge is 0.326 e. The molecule has 2 saturated heterocycles. The predicted octanol–water partition coefficient (Wildman–Crippen LogP) is 2.90. The minimum absolute atomic E-state index is 0.00356. The van der Waals surface area contributed by atoms with E-state index in [4.69, 9.17) is 0 Å². The lowest BCUT2D eigenvalue weighted by molar-refractivity contribution is -0.146. The Kier molecular flexibility index (Phi) is 11.2. The van der Waals surface area contributed by atoms with Crippen molar-refractivity contribution in [3.8, 4) is 0 Å². The molecule has 0 bridgehead atoms. The van der Waals surface area contributed by atoms with Gasteiger partial charge in [-0.25, -0.2) is 4.79 Å². The molecule has 210 valence electrons. The van der Waals surface area contributed by atoms with Crippen LogP contribution in [0, 0.1) is 11.8 Å². The van der Waals surface area contributed by atoms with Gasteiger partial charge in [-0.1, -0.05) is 40.2 Å². The second-order valence-electron chi connectivity index (χ2n) is 11.6. The molecule has 0 aromatic heterocycles. The van der Waals surface area contributed by atoms with Crippen LogP contribution in [0.1, 0.15) is 80.6 Å². The zero-order chi connectivity index (χ0) is 28.0. The van der Waals surface area contributed by atoms with Crippen molar-refractivity contribution < 1.29 is 24.3 Å². The zero-order valence-electron chi connectivity index (χ0n) is 24.0. The summed E-state index contributed by atoms with van der Waals surface area (Å²) >= 11 is 0. The highest BCUT2D eigenvalue weighted by molar-refractivity contribution is 5.96. The topological polar surface area (TPSA) is 110 Å². The summed E-state index contributed by atoms with van der Waals surface area (Å²) < 4.78 is 0. The fraction of sp³-hybridized carbons (Fsp3) is 0.786. The van der Waals surface area contributed by atoms with Gasteiger partial charge >= 0.3 is 5.97 Å². The average molecular weight is 521 g/mol. The number of aliphatic carboxylic acids is 1. The molecule has 0 aliphatic carbocycles. The summed E-state index contributed by atoms with van der Waals surface area (Å²) in [4.78, 5) is 56.9. The van der Waals surface area contributed by atoms with Crippen LogP contribution in [0.2, 0.25) is 0 Å². The molecule has 9 heteroatoms. The van der Waals surface area contributed by atoms with Crippen molar-refractivity contribution in [1.82, 2.24) is 20.0 Å². The maximum atomic E-state index is 13.7. The summed E-state index contributed by atoms with van der Waals surface area (Å²) in [6.07, 6.45) is 5.73. The van der Waals surface area contributed by atoms with Gasteiger partial charge in [0, 0.05) is 25.2 Å². The summed E-state index contributed by atoms with van der Waals surface area (Å²) in [7, 11) is 1.71. The van der Waals surface area contributed by atoms with Crippen molar-refractivity contribution in [3.05, 3.63) is 11.6 Å². The summed E-state index contributed by atoms with van der Waals surface area (Å²) in [6.45, 7) is 15.0. The van der Waals surface area contributed by atoms with Gasteiger partial charge in [-0.3, -0.25) is 19.3 Å².